The summed E-state index contributed by atoms with van der Waals surface area (Å²) < 4.78 is 29.3. The first kappa shape index (κ1) is 16.5. The lowest BCUT2D eigenvalue weighted by molar-refractivity contribution is 0.0640. The van der Waals surface area contributed by atoms with E-state index in [1.807, 2.05) is 0 Å². The van der Waals surface area contributed by atoms with Crippen molar-refractivity contribution >= 4 is 23.0 Å². The average molecular weight is 343 g/mol. The lowest BCUT2D eigenvalue weighted by Gasteiger charge is -2.04. The van der Waals surface area contributed by atoms with Crippen molar-refractivity contribution in [3.05, 3.63) is 53.3 Å². The van der Waals surface area contributed by atoms with Crippen LogP contribution in [0.2, 0.25) is 0 Å². The highest BCUT2D eigenvalue weighted by Gasteiger charge is 2.25. The van der Waals surface area contributed by atoms with Gasteiger partial charge in [0.15, 0.2) is 0 Å². The summed E-state index contributed by atoms with van der Waals surface area (Å²) in [5.41, 5.74) is 6.03. The second-order valence-electron chi connectivity index (χ2n) is 5.34. The SMILES string of the molecule is COc1ccc2oc(-c3ccc(C)c(F)c3)c(C(=O)OC(N)=O)c2c1. The largest absolute Gasteiger partial charge is 0.497 e. The molecular weight excluding hydrogens is 329 g/mol. The summed E-state index contributed by atoms with van der Waals surface area (Å²) in [4.78, 5) is 23.3. The molecule has 0 bridgehead atoms. The number of furan rings is 1. The zero-order valence-corrected chi connectivity index (χ0v) is 13.5. The van der Waals surface area contributed by atoms with Gasteiger partial charge in [-0.1, -0.05) is 12.1 Å². The lowest BCUT2D eigenvalue weighted by atomic mass is 10.0. The molecule has 3 rings (SSSR count). The molecule has 0 aliphatic carbocycles. The summed E-state index contributed by atoms with van der Waals surface area (Å²) in [6, 6.07) is 9.21. The summed E-state index contributed by atoms with van der Waals surface area (Å²) in [6.45, 7) is 1.62. The minimum Gasteiger partial charge on any atom is -0.497 e. The van der Waals surface area contributed by atoms with Crippen LogP contribution in [-0.2, 0) is 4.74 Å². The molecule has 1 aromatic heterocycles. The number of ether oxygens (including phenoxy) is 2. The third-order valence-corrected chi connectivity index (χ3v) is 3.73. The van der Waals surface area contributed by atoms with Crippen molar-refractivity contribution in [1.29, 1.82) is 0 Å². The van der Waals surface area contributed by atoms with E-state index in [0.29, 0.717) is 27.8 Å². The van der Waals surface area contributed by atoms with Crippen LogP contribution in [0.3, 0.4) is 0 Å². The summed E-state index contributed by atoms with van der Waals surface area (Å²) in [6.07, 6.45) is -1.25. The normalized spacial score (nSPS) is 10.7. The molecule has 0 saturated carbocycles. The van der Waals surface area contributed by atoms with Crippen molar-refractivity contribution in [2.45, 2.75) is 6.92 Å². The molecule has 128 valence electrons. The Hall–Kier alpha value is -3.35. The van der Waals surface area contributed by atoms with Crippen LogP contribution >= 0.6 is 0 Å². The number of nitrogens with two attached hydrogens (primary N) is 1. The van der Waals surface area contributed by atoms with Crippen LogP contribution in [0.25, 0.3) is 22.3 Å². The first-order valence-electron chi connectivity index (χ1n) is 7.29. The molecule has 1 heterocycles. The number of esters is 1. The maximum Gasteiger partial charge on any atom is 0.412 e. The van der Waals surface area contributed by atoms with Crippen molar-refractivity contribution in [2.24, 2.45) is 5.73 Å². The van der Waals surface area contributed by atoms with Gasteiger partial charge < -0.3 is 19.6 Å². The van der Waals surface area contributed by atoms with Crippen LogP contribution in [0.5, 0.6) is 5.75 Å². The quantitative estimate of drug-likeness (QED) is 0.577. The van der Waals surface area contributed by atoms with Crippen LogP contribution in [0.4, 0.5) is 9.18 Å². The summed E-state index contributed by atoms with van der Waals surface area (Å²) in [5.74, 6) is -0.892. The number of hydrogen-bond acceptors (Lipinski definition) is 5. The number of benzene rings is 2. The number of halogens is 1. The average Bonchev–Trinajstić information content (AvgIpc) is 2.95. The molecule has 3 aromatic rings. The fraction of sp³-hybridized carbons (Fsp3) is 0.111. The highest BCUT2D eigenvalue weighted by atomic mass is 19.1. The van der Waals surface area contributed by atoms with Gasteiger partial charge in [0, 0.05) is 10.9 Å². The number of carbonyl (C=O) groups is 2. The predicted molar refractivity (Wildman–Crippen MR) is 87.9 cm³/mol. The Morgan fingerprint density at radius 3 is 2.56 bits per heavy atom. The maximum absolute atomic E-state index is 13.9. The summed E-state index contributed by atoms with van der Waals surface area (Å²) in [5, 5.41) is 0.363. The highest BCUT2D eigenvalue weighted by molar-refractivity contribution is 6.11. The molecule has 0 radical (unpaired) electrons. The molecule has 0 aliphatic heterocycles. The minimum absolute atomic E-state index is 0.0315. The van der Waals surface area contributed by atoms with Crippen LogP contribution in [0, 0.1) is 12.7 Å². The lowest BCUT2D eigenvalue weighted by Crippen LogP contribution is -2.18. The maximum atomic E-state index is 13.9. The Balaban J connectivity index is 2.27. The van der Waals surface area contributed by atoms with E-state index in [1.165, 1.54) is 13.2 Å². The molecule has 0 saturated heterocycles. The first-order valence-corrected chi connectivity index (χ1v) is 7.29. The van der Waals surface area contributed by atoms with E-state index in [9.17, 15) is 14.0 Å². The van der Waals surface area contributed by atoms with Gasteiger partial charge in [0.25, 0.3) is 0 Å². The van der Waals surface area contributed by atoms with E-state index < -0.39 is 17.9 Å². The number of aryl methyl sites for hydroxylation is 1. The van der Waals surface area contributed by atoms with Gasteiger partial charge in [-0.05, 0) is 36.8 Å². The van der Waals surface area contributed by atoms with Crippen molar-refractivity contribution in [1.82, 2.24) is 0 Å². The topological polar surface area (TPSA) is 91.8 Å². The van der Waals surface area contributed by atoms with Gasteiger partial charge >= 0.3 is 12.1 Å². The molecule has 0 spiro atoms. The van der Waals surface area contributed by atoms with Gasteiger partial charge in [-0.25, -0.2) is 14.0 Å². The van der Waals surface area contributed by atoms with Gasteiger partial charge in [0.1, 0.15) is 28.5 Å². The zero-order chi connectivity index (χ0) is 18.1. The molecule has 0 fully saturated rings. The Morgan fingerprint density at radius 2 is 1.92 bits per heavy atom. The second kappa shape index (κ2) is 6.27. The van der Waals surface area contributed by atoms with Crippen LogP contribution in [0.1, 0.15) is 15.9 Å². The van der Waals surface area contributed by atoms with Crippen molar-refractivity contribution in [3.8, 4) is 17.1 Å². The Morgan fingerprint density at radius 1 is 1.16 bits per heavy atom. The van der Waals surface area contributed by atoms with E-state index in [-0.39, 0.29) is 11.3 Å². The minimum atomic E-state index is -1.25. The fourth-order valence-electron chi connectivity index (χ4n) is 2.49. The Kier molecular flexibility index (Phi) is 4.14. The van der Waals surface area contributed by atoms with E-state index in [0.717, 1.165) is 0 Å². The standard InChI is InChI=1S/C18H14FNO5/c1-9-3-4-10(7-13(9)19)16-15(17(21)25-18(20)22)12-8-11(23-2)5-6-14(12)24-16/h3-8H,1-2H3,(H2,20,22). The highest BCUT2D eigenvalue weighted by Crippen LogP contribution is 2.36. The van der Waals surface area contributed by atoms with Crippen LogP contribution < -0.4 is 10.5 Å². The number of primary amides is 1. The van der Waals surface area contributed by atoms with Gasteiger partial charge in [-0.2, -0.15) is 0 Å². The number of methoxy groups -OCH3 is 1. The van der Waals surface area contributed by atoms with E-state index in [2.05, 4.69) is 4.74 Å². The Bertz CT molecular complexity index is 993. The fourth-order valence-corrected chi connectivity index (χ4v) is 2.49. The third kappa shape index (κ3) is 3.03. The zero-order valence-electron chi connectivity index (χ0n) is 13.5. The van der Waals surface area contributed by atoms with Crippen molar-refractivity contribution in [3.63, 3.8) is 0 Å². The monoisotopic (exact) mass is 343 g/mol. The van der Waals surface area contributed by atoms with Gasteiger partial charge in [0.2, 0.25) is 0 Å². The van der Waals surface area contributed by atoms with Gasteiger partial charge in [-0.3, -0.25) is 0 Å². The van der Waals surface area contributed by atoms with Crippen LogP contribution in [-0.4, -0.2) is 19.2 Å². The summed E-state index contributed by atoms with van der Waals surface area (Å²) >= 11 is 0. The smallest absolute Gasteiger partial charge is 0.412 e. The van der Waals surface area contributed by atoms with Crippen LogP contribution in [0.15, 0.2) is 40.8 Å². The molecule has 25 heavy (non-hydrogen) atoms. The predicted octanol–water partition coefficient (Wildman–Crippen LogP) is 3.79. The van der Waals surface area contributed by atoms with Crippen molar-refractivity contribution < 1.29 is 27.9 Å². The Labute approximate surface area is 141 Å². The molecule has 2 aromatic carbocycles. The number of rotatable bonds is 3. The molecule has 1 amide bonds. The molecule has 7 heteroatoms. The molecule has 0 aliphatic rings. The summed E-state index contributed by atoms with van der Waals surface area (Å²) in [7, 11) is 1.47. The van der Waals surface area contributed by atoms with Gasteiger partial charge in [-0.15, -0.1) is 0 Å². The second-order valence-corrected chi connectivity index (χ2v) is 5.34. The molecule has 6 nitrogen and oxygen atoms in total. The number of carbonyl (C=O) groups excluding carboxylic acids is 2. The molecular formula is C18H14FNO5. The van der Waals surface area contributed by atoms with Crippen molar-refractivity contribution in [2.75, 3.05) is 7.11 Å². The first-order chi connectivity index (χ1) is 11.9. The molecule has 0 atom stereocenters. The molecule has 2 N–H and O–H groups in total. The van der Waals surface area contributed by atoms with E-state index in [1.54, 1.807) is 37.3 Å². The number of amides is 1. The van der Waals surface area contributed by atoms with Gasteiger partial charge in [0.05, 0.1) is 7.11 Å². The van der Waals surface area contributed by atoms with E-state index >= 15 is 0 Å². The molecule has 0 unspecified atom stereocenters. The number of hydrogen-bond donors (Lipinski definition) is 1. The third-order valence-electron chi connectivity index (χ3n) is 3.73. The number of fused-ring (bicyclic) bond motifs is 1. The van der Waals surface area contributed by atoms with E-state index in [4.69, 9.17) is 14.9 Å².